The van der Waals surface area contributed by atoms with Crippen molar-refractivity contribution in [2.24, 2.45) is 10.1 Å². The van der Waals surface area contributed by atoms with Crippen LogP contribution in [0.15, 0.2) is 57.0 Å². The third kappa shape index (κ3) is 3.23. The molecule has 0 radical (unpaired) electrons. The van der Waals surface area contributed by atoms with Gasteiger partial charge in [0.05, 0.1) is 12.0 Å². The Labute approximate surface area is 169 Å². The normalized spacial score (nSPS) is 18.1. The molecule has 0 spiro atoms. The second-order valence-electron chi connectivity index (χ2n) is 5.89. The lowest BCUT2D eigenvalue weighted by Crippen LogP contribution is -2.50. The lowest BCUT2D eigenvalue weighted by Gasteiger charge is -2.34. The zero-order valence-corrected chi connectivity index (χ0v) is 17.2. The molecule has 2 heterocycles. The van der Waals surface area contributed by atoms with E-state index in [0.717, 1.165) is 26.4 Å². The van der Waals surface area contributed by atoms with E-state index in [1.807, 2.05) is 55.6 Å². The Morgan fingerprint density at radius 3 is 2.89 bits per heavy atom. The van der Waals surface area contributed by atoms with Crippen molar-refractivity contribution in [3.8, 4) is 5.75 Å². The number of ether oxygens (including phenoxy) is 1. The van der Waals surface area contributed by atoms with Gasteiger partial charge in [-0.3, -0.25) is 15.1 Å². The van der Waals surface area contributed by atoms with E-state index in [-0.39, 0.29) is 5.91 Å². The maximum Gasteiger partial charge on any atom is 0.276 e. The zero-order chi connectivity index (χ0) is 19.0. The first-order chi connectivity index (χ1) is 13.1. The number of hydrazone groups is 1. The molecule has 27 heavy (non-hydrogen) atoms. The van der Waals surface area contributed by atoms with Crippen LogP contribution in [0.25, 0.3) is 5.70 Å². The van der Waals surface area contributed by atoms with Gasteiger partial charge in [0, 0.05) is 15.3 Å². The Morgan fingerprint density at radius 2 is 2.11 bits per heavy atom. The maximum atomic E-state index is 12.8. The van der Waals surface area contributed by atoms with Crippen LogP contribution in [0.5, 0.6) is 5.75 Å². The predicted molar refractivity (Wildman–Crippen MR) is 110 cm³/mol. The van der Waals surface area contributed by atoms with Crippen molar-refractivity contribution in [2.45, 2.75) is 13.1 Å². The highest BCUT2D eigenvalue weighted by Crippen LogP contribution is 2.36. The zero-order valence-electron chi connectivity index (χ0n) is 14.8. The number of fused-ring (bicyclic) bond motifs is 2. The summed E-state index contributed by atoms with van der Waals surface area (Å²) in [6.45, 7) is 2.52. The molecule has 2 aromatic rings. The lowest BCUT2D eigenvalue weighted by molar-refractivity contribution is -0.116. The van der Waals surface area contributed by atoms with Gasteiger partial charge in [0.2, 0.25) is 0 Å². The second-order valence-corrected chi connectivity index (χ2v) is 7.54. The Balaban J connectivity index is 1.96. The molecular formula is C19H17BrN4O2S. The number of amides is 1. The van der Waals surface area contributed by atoms with Gasteiger partial charge in [-0.2, -0.15) is 0 Å². The lowest BCUT2D eigenvalue weighted by atomic mass is 10.1. The number of rotatable bonds is 3. The fourth-order valence-corrected chi connectivity index (χ4v) is 3.91. The number of carbonyl (C=O) groups is 1. The molecule has 2 aliphatic heterocycles. The van der Waals surface area contributed by atoms with Gasteiger partial charge >= 0.3 is 0 Å². The summed E-state index contributed by atoms with van der Waals surface area (Å²) in [7, 11) is 0. The topological polar surface area (TPSA) is 66.3 Å². The quantitative estimate of drug-likeness (QED) is 0.788. The number of nitrogens with zero attached hydrogens (tertiary/aromatic N) is 3. The first kappa shape index (κ1) is 18.1. The van der Waals surface area contributed by atoms with Crippen LogP contribution < -0.4 is 20.6 Å². The average molecular weight is 445 g/mol. The van der Waals surface area contributed by atoms with Crippen LogP contribution in [0.2, 0.25) is 0 Å². The molecule has 0 fully saturated rings. The summed E-state index contributed by atoms with van der Waals surface area (Å²) < 4.78 is 6.53. The molecule has 0 aromatic heterocycles. The summed E-state index contributed by atoms with van der Waals surface area (Å²) in [6, 6.07) is 13.4. The van der Waals surface area contributed by atoms with Gasteiger partial charge in [-0.05, 0) is 37.4 Å². The van der Waals surface area contributed by atoms with Gasteiger partial charge in [-0.25, -0.2) is 5.01 Å². The molecule has 0 bridgehead atoms. The molecule has 6 nitrogen and oxygen atoms in total. The Hall–Kier alpha value is -2.32. The summed E-state index contributed by atoms with van der Waals surface area (Å²) in [5, 5.41) is 11.3. The smallest absolute Gasteiger partial charge is 0.276 e. The van der Waals surface area contributed by atoms with Gasteiger partial charge in [-0.1, -0.05) is 45.9 Å². The van der Waals surface area contributed by atoms with Crippen LogP contribution in [0, 0.1) is 0 Å². The Bertz CT molecular complexity index is 1070. The van der Waals surface area contributed by atoms with E-state index in [4.69, 9.17) is 9.73 Å². The largest absolute Gasteiger partial charge is 0.494 e. The minimum absolute atomic E-state index is 0.182. The number of carbonyl (C=O) groups excluding carboxylic acids is 1. The van der Waals surface area contributed by atoms with Crippen molar-refractivity contribution in [1.82, 2.24) is 10.3 Å². The third-order valence-corrected chi connectivity index (χ3v) is 5.56. The summed E-state index contributed by atoms with van der Waals surface area (Å²) in [6.07, 6.45) is 1.40. The number of para-hydroxylation sites is 1. The summed E-state index contributed by atoms with van der Waals surface area (Å²) in [4.78, 5) is 17.7. The van der Waals surface area contributed by atoms with E-state index >= 15 is 0 Å². The molecular weight excluding hydrogens is 428 g/mol. The number of hydrogen-bond acceptors (Lipinski definition) is 6. The number of benzene rings is 2. The highest BCUT2D eigenvalue weighted by atomic mass is 79.9. The van der Waals surface area contributed by atoms with Crippen LogP contribution in [-0.4, -0.2) is 28.9 Å². The summed E-state index contributed by atoms with van der Waals surface area (Å²) >= 11 is 5.00. The van der Waals surface area contributed by atoms with Crippen molar-refractivity contribution in [1.29, 1.82) is 0 Å². The molecule has 0 saturated heterocycles. The highest BCUT2D eigenvalue weighted by Gasteiger charge is 2.35. The molecule has 4 rings (SSSR count). The number of halogens is 1. The van der Waals surface area contributed by atoms with E-state index in [2.05, 4.69) is 26.3 Å². The van der Waals surface area contributed by atoms with Crippen LogP contribution in [0.3, 0.4) is 0 Å². The second kappa shape index (κ2) is 7.36. The Morgan fingerprint density at radius 1 is 1.30 bits per heavy atom. The Kier molecular flexibility index (Phi) is 4.92. The van der Waals surface area contributed by atoms with Crippen LogP contribution in [0.4, 0.5) is 0 Å². The van der Waals surface area contributed by atoms with Crippen molar-refractivity contribution < 1.29 is 9.53 Å². The number of hydrogen-bond donors (Lipinski definition) is 1. The van der Waals surface area contributed by atoms with Crippen molar-refractivity contribution in [3.05, 3.63) is 63.1 Å². The van der Waals surface area contributed by atoms with Gasteiger partial charge < -0.3 is 4.74 Å². The van der Waals surface area contributed by atoms with Crippen LogP contribution >= 0.6 is 27.7 Å². The van der Waals surface area contributed by atoms with E-state index < -0.39 is 6.17 Å². The molecule has 1 unspecified atom stereocenters. The minimum Gasteiger partial charge on any atom is -0.494 e. The van der Waals surface area contributed by atoms with E-state index in [0.29, 0.717) is 17.5 Å². The third-order valence-electron chi connectivity index (χ3n) is 4.27. The van der Waals surface area contributed by atoms with Crippen LogP contribution in [-0.2, 0) is 4.79 Å². The first-order valence-electron chi connectivity index (χ1n) is 8.45. The molecule has 8 heteroatoms. The van der Waals surface area contributed by atoms with Gasteiger partial charge in [0.15, 0.2) is 11.3 Å². The van der Waals surface area contributed by atoms with E-state index in [9.17, 15) is 4.79 Å². The predicted octanol–water partition coefficient (Wildman–Crippen LogP) is 2.35. The summed E-state index contributed by atoms with van der Waals surface area (Å²) in [5.41, 5.74) is 1.38. The molecule has 2 aromatic carbocycles. The first-order valence-corrected chi connectivity index (χ1v) is 10.5. The molecule has 1 N–H and O–H groups in total. The fraction of sp³-hybridized carbons (Fsp3) is 0.211. The van der Waals surface area contributed by atoms with Crippen molar-refractivity contribution in [2.75, 3.05) is 12.9 Å². The molecule has 2 aliphatic rings. The monoisotopic (exact) mass is 444 g/mol. The van der Waals surface area contributed by atoms with Gasteiger partial charge in [0.25, 0.3) is 5.91 Å². The average Bonchev–Trinajstić information content (AvgIpc) is 2.68. The van der Waals surface area contributed by atoms with E-state index in [1.165, 1.54) is 11.8 Å². The SMILES string of the molecule is CCOc1ccc(Br)c(C2N=c3ccccc3=C3C(=O)NC(SC)=NN32)c1. The molecule has 1 atom stereocenters. The number of amidine groups is 1. The number of thioether (sulfide) groups is 1. The highest BCUT2D eigenvalue weighted by molar-refractivity contribution is 9.10. The minimum atomic E-state index is -0.474. The van der Waals surface area contributed by atoms with Crippen molar-refractivity contribution in [3.63, 3.8) is 0 Å². The maximum absolute atomic E-state index is 12.8. The molecule has 1 amide bonds. The standard InChI is InChI=1S/C19H17BrN4O2S/c1-3-26-11-8-9-14(20)13(10-11)17-21-15-7-5-4-6-12(15)16-18(25)22-19(27-2)23-24(16)17/h4-10,17H,3H2,1-2H3,(H,22,23,25). The van der Waals surface area contributed by atoms with Crippen molar-refractivity contribution >= 4 is 44.5 Å². The van der Waals surface area contributed by atoms with Crippen LogP contribution in [0.1, 0.15) is 18.7 Å². The van der Waals surface area contributed by atoms with Gasteiger partial charge in [-0.15, -0.1) is 5.10 Å². The number of nitrogens with one attached hydrogen (secondary N) is 1. The van der Waals surface area contributed by atoms with Gasteiger partial charge in [0.1, 0.15) is 11.4 Å². The molecule has 0 saturated carbocycles. The molecule has 138 valence electrons. The fourth-order valence-electron chi connectivity index (χ4n) is 3.10. The summed E-state index contributed by atoms with van der Waals surface area (Å²) in [5.74, 6) is 0.570. The molecule has 0 aliphatic carbocycles. The van der Waals surface area contributed by atoms with E-state index in [1.54, 1.807) is 5.01 Å².